The van der Waals surface area contributed by atoms with Crippen LogP contribution < -0.4 is 15.4 Å². The van der Waals surface area contributed by atoms with E-state index >= 15 is 0 Å². The van der Waals surface area contributed by atoms with Gasteiger partial charge in [0.1, 0.15) is 5.75 Å². The SMILES string of the molecule is NC(=O)N(c1nccs1)c1ccccc1Oc1ccc(Cl)c(Cl)c1. The summed E-state index contributed by atoms with van der Waals surface area (Å²) in [6, 6.07) is 11.3. The third kappa shape index (κ3) is 3.46. The molecule has 0 saturated carbocycles. The number of hydrogen-bond donors (Lipinski definition) is 1. The van der Waals surface area contributed by atoms with Crippen molar-refractivity contribution in [3.63, 3.8) is 0 Å². The maximum absolute atomic E-state index is 11.9. The Hall–Kier alpha value is -2.28. The van der Waals surface area contributed by atoms with Crippen LogP contribution in [0.25, 0.3) is 0 Å². The lowest BCUT2D eigenvalue weighted by atomic mass is 10.2. The van der Waals surface area contributed by atoms with Gasteiger partial charge in [-0.3, -0.25) is 0 Å². The zero-order chi connectivity index (χ0) is 17.1. The summed E-state index contributed by atoms with van der Waals surface area (Å²) in [7, 11) is 0. The van der Waals surface area contributed by atoms with Gasteiger partial charge in [0.25, 0.3) is 0 Å². The Balaban J connectivity index is 2.01. The van der Waals surface area contributed by atoms with Crippen molar-refractivity contribution in [1.82, 2.24) is 4.98 Å². The van der Waals surface area contributed by atoms with Crippen molar-refractivity contribution >= 4 is 51.4 Å². The second-order valence-corrected chi connectivity index (χ2v) is 6.32. The van der Waals surface area contributed by atoms with Gasteiger partial charge < -0.3 is 10.5 Å². The highest BCUT2D eigenvalue weighted by atomic mass is 35.5. The van der Waals surface area contributed by atoms with Crippen LogP contribution in [0.3, 0.4) is 0 Å². The molecule has 0 atom stereocenters. The Bertz CT molecular complexity index is 872. The minimum Gasteiger partial charge on any atom is -0.455 e. The molecule has 2 amide bonds. The molecule has 24 heavy (non-hydrogen) atoms. The van der Waals surface area contributed by atoms with E-state index in [1.54, 1.807) is 54.0 Å². The number of aromatic nitrogens is 1. The molecule has 1 aromatic heterocycles. The molecule has 0 saturated heterocycles. The molecule has 2 aromatic carbocycles. The Morgan fingerprint density at radius 3 is 2.62 bits per heavy atom. The second-order valence-electron chi connectivity index (χ2n) is 4.63. The number of carbonyl (C=O) groups excluding carboxylic acids is 1. The molecule has 0 aliphatic heterocycles. The summed E-state index contributed by atoms with van der Waals surface area (Å²) in [5, 5.41) is 3.01. The lowest BCUT2D eigenvalue weighted by Crippen LogP contribution is -2.31. The number of carbonyl (C=O) groups is 1. The van der Waals surface area contributed by atoms with E-state index in [1.807, 2.05) is 0 Å². The van der Waals surface area contributed by atoms with Gasteiger partial charge in [-0.2, -0.15) is 0 Å². The molecule has 3 rings (SSSR count). The monoisotopic (exact) mass is 379 g/mol. The van der Waals surface area contributed by atoms with E-state index in [1.165, 1.54) is 16.2 Å². The molecule has 0 bridgehead atoms. The Morgan fingerprint density at radius 2 is 1.96 bits per heavy atom. The number of thiazole rings is 1. The van der Waals surface area contributed by atoms with Crippen molar-refractivity contribution in [3.8, 4) is 11.5 Å². The fourth-order valence-corrected chi connectivity index (χ4v) is 2.98. The lowest BCUT2D eigenvalue weighted by Gasteiger charge is -2.20. The predicted molar refractivity (Wildman–Crippen MR) is 96.8 cm³/mol. The standard InChI is InChI=1S/C16H11Cl2N3O2S/c17-11-6-5-10(9-12(11)18)23-14-4-2-1-3-13(14)21(15(19)22)16-20-7-8-24-16/h1-9H,(H2,19,22). The van der Waals surface area contributed by atoms with Crippen LogP contribution in [0, 0.1) is 0 Å². The fraction of sp³-hybridized carbons (Fsp3) is 0. The van der Waals surface area contributed by atoms with Crippen LogP contribution >= 0.6 is 34.5 Å². The van der Waals surface area contributed by atoms with Gasteiger partial charge in [-0.05, 0) is 24.3 Å². The third-order valence-electron chi connectivity index (χ3n) is 3.06. The number of nitrogens with two attached hydrogens (primary N) is 1. The van der Waals surface area contributed by atoms with E-state index in [0.717, 1.165) is 0 Å². The number of para-hydroxylation sites is 2. The number of hydrogen-bond acceptors (Lipinski definition) is 4. The maximum atomic E-state index is 11.9. The van der Waals surface area contributed by atoms with Crippen molar-refractivity contribution in [3.05, 3.63) is 64.1 Å². The predicted octanol–water partition coefficient (Wildman–Crippen LogP) is 5.46. The van der Waals surface area contributed by atoms with E-state index < -0.39 is 6.03 Å². The molecule has 0 radical (unpaired) electrons. The van der Waals surface area contributed by atoms with Crippen LogP contribution in [0.5, 0.6) is 11.5 Å². The number of rotatable bonds is 4. The Labute approximate surface area is 152 Å². The molecule has 1 heterocycles. The second kappa shape index (κ2) is 7.09. The first-order chi connectivity index (χ1) is 11.6. The average molecular weight is 380 g/mol. The van der Waals surface area contributed by atoms with E-state index in [-0.39, 0.29) is 0 Å². The van der Waals surface area contributed by atoms with Gasteiger partial charge in [0.05, 0.1) is 15.7 Å². The number of nitrogens with zero attached hydrogens (tertiary/aromatic N) is 2. The summed E-state index contributed by atoms with van der Waals surface area (Å²) in [5.74, 6) is 0.922. The largest absolute Gasteiger partial charge is 0.455 e. The fourth-order valence-electron chi connectivity index (χ4n) is 2.04. The normalized spacial score (nSPS) is 10.4. The molecule has 5 nitrogen and oxygen atoms in total. The highest BCUT2D eigenvalue weighted by Crippen LogP contribution is 2.38. The maximum Gasteiger partial charge on any atom is 0.325 e. The first-order valence-corrected chi connectivity index (χ1v) is 8.41. The van der Waals surface area contributed by atoms with Crippen LogP contribution in [0.4, 0.5) is 15.6 Å². The highest BCUT2D eigenvalue weighted by molar-refractivity contribution is 7.13. The molecule has 0 aliphatic carbocycles. The number of halogens is 2. The van der Waals surface area contributed by atoms with Gasteiger partial charge >= 0.3 is 6.03 Å². The molecule has 2 N–H and O–H groups in total. The van der Waals surface area contributed by atoms with E-state index in [9.17, 15) is 4.79 Å². The van der Waals surface area contributed by atoms with Crippen LogP contribution in [0.1, 0.15) is 0 Å². The van der Waals surface area contributed by atoms with Crippen molar-refractivity contribution in [2.45, 2.75) is 0 Å². The van der Waals surface area contributed by atoms with Crippen molar-refractivity contribution in [1.29, 1.82) is 0 Å². The van der Waals surface area contributed by atoms with Crippen LogP contribution in [-0.4, -0.2) is 11.0 Å². The molecule has 0 unspecified atom stereocenters. The molecule has 8 heteroatoms. The van der Waals surface area contributed by atoms with Gasteiger partial charge in [-0.15, -0.1) is 11.3 Å². The number of benzene rings is 2. The summed E-state index contributed by atoms with van der Waals surface area (Å²) < 4.78 is 5.86. The van der Waals surface area contributed by atoms with Gasteiger partial charge in [-0.1, -0.05) is 35.3 Å². The van der Waals surface area contributed by atoms with E-state index in [4.69, 9.17) is 33.7 Å². The first-order valence-electron chi connectivity index (χ1n) is 6.77. The minimum absolute atomic E-state index is 0.373. The van der Waals surface area contributed by atoms with Gasteiger partial charge in [0, 0.05) is 17.6 Å². The summed E-state index contributed by atoms with van der Waals surface area (Å²) in [6.07, 6.45) is 1.60. The number of ether oxygens (including phenoxy) is 1. The van der Waals surface area contributed by atoms with Gasteiger partial charge in [0.2, 0.25) is 0 Å². The number of amides is 2. The summed E-state index contributed by atoms with van der Waals surface area (Å²) in [5.41, 5.74) is 6.00. The summed E-state index contributed by atoms with van der Waals surface area (Å²) >= 11 is 13.2. The van der Waals surface area contributed by atoms with Crippen LogP contribution in [0.2, 0.25) is 10.0 Å². The molecule has 3 aromatic rings. The lowest BCUT2D eigenvalue weighted by molar-refractivity contribution is 0.256. The zero-order valence-electron chi connectivity index (χ0n) is 12.1. The summed E-state index contributed by atoms with van der Waals surface area (Å²) in [4.78, 5) is 17.3. The van der Waals surface area contributed by atoms with Crippen LogP contribution in [-0.2, 0) is 0 Å². The average Bonchev–Trinajstić information content (AvgIpc) is 3.06. The van der Waals surface area contributed by atoms with Crippen LogP contribution in [0.15, 0.2) is 54.0 Å². The van der Waals surface area contributed by atoms with Gasteiger partial charge in [0.15, 0.2) is 10.9 Å². The van der Waals surface area contributed by atoms with E-state index in [2.05, 4.69) is 4.98 Å². The molecule has 122 valence electrons. The number of anilines is 2. The smallest absolute Gasteiger partial charge is 0.325 e. The van der Waals surface area contributed by atoms with E-state index in [0.29, 0.717) is 32.4 Å². The molecule has 0 fully saturated rings. The molecule has 0 spiro atoms. The minimum atomic E-state index is -0.657. The number of urea groups is 1. The summed E-state index contributed by atoms with van der Waals surface area (Å²) in [6.45, 7) is 0. The zero-order valence-corrected chi connectivity index (χ0v) is 14.5. The number of primary amides is 1. The Kier molecular flexibility index (Phi) is 4.89. The first kappa shape index (κ1) is 16.6. The van der Waals surface area contributed by atoms with Gasteiger partial charge in [-0.25, -0.2) is 14.7 Å². The van der Waals surface area contributed by atoms with Crippen molar-refractivity contribution in [2.75, 3.05) is 4.90 Å². The quantitative estimate of drug-likeness (QED) is 0.654. The Morgan fingerprint density at radius 1 is 1.17 bits per heavy atom. The molecule has 0 aliphatic rings. The van der Waals surface area contributed by atoms with Crippen molar-refractivity contribution in [2.24, 2.45) is 5.73 Å². The molecular formula is C16H11Cl2N3O2S. The third-order valence-corrected chi connectivity index (χ3v) is 4.55. The topological polar surface area (TPSA) is 68.5 Å². The van der Waals surface area contributed by atoms with Crippen molar-refractivity contribution < 1.29 is 9.53 Å². The molecular weight excluding hydrogens is 369 g/mol. The highest BCUT2D eigenvalue weighted by Gasteiger charge is 2.21.